The number of amides is 1. The molecule has 3 N–H and O–H groups in total. The third kappa shape index (κ3) is 2.50. The number of rotatable bonds is 2. The molecule has 0 saturated carbocycles. The van der Waals surface area contributed by atoms with Gasteiger partial charge in [-0.2, -0.15) is 0 Å². The van der Waals surface area contributed by atoms with Crippen molar-refractivity contribution < 1.29 is 14.3 Å². The van der Waals surface area contributed by atoms with E-state index in [9.17, 15) is 14.3 Å². The normalized spacial score (nSPS) is 18.5. The molecule has 4 nitrogen and oxygen atoms in total. The van der Waals surface area contributed by atoms with E-state index >= 15 is 0 Å². The van der Waals surface area contributed by atoms with Gasteiger partial charge in [-0.15, -0.1) is 0 Å². The molecule has 0 aromatic heterocycles. The Balaban J connectivity index is 2.46. The van der Waals surface area contributed by atoms with E-state index < -0.39 is 11.9 Å². The Morgan fingerprint density at radius 1 is 1.58 bits per heavy atom. The predicted molar refractivity (Wildman–Crippen MR) is 71.4 cm³/mol. The van der Waals surface area contributed by atoms with Gasteiger partial charge in [0.2, 0.25) is 0 Å². The number of halogens is 1. The standard InChI is InChI=1S/C14H19FN2O2/c1-8(2)7-12-9-3-4-11(16)13(15)10(9)5-6-17(12)14(18)19/h3-4,8,12H,5-7,16H2,1-2H3,(H,18,19). The molecule has 1 amide bonds. The lowest BCUT2D eigenvalue weighted by Crippen LogP contribution is -2.40. The van der Waals surface area contributed by atoms with Gasteiger partial charge in [-0.1, -0.05) is 19.9 Å². The molecule has 104 valence electrons. The van der Waals surface area contributed by atoms with Crippen LogP contribution >= 0.6 is 0 Å². The smallest absolute Gasteiger partial charge is 0.407 e. The second-order valence-corrected chi connectivity index (χ2v) is 5.41. The van der Waals surface area contributed by atoms with Crippen molar-refractivity contribution in [3.8, 4) is 0 Å². The Kier molecular flexibility index (Phi) is 3.64. The van der Waals surface area contributed by atoms with E-state index in [4.69, 9.17) is 5.73 Å². The highest BCUT2D eigenvalue weighted by atomic mass is 19.1. The zero-order chi connectivity index (χ0) is 14.2. The molecular weight excluding hydrogens is 247 g/mol. The number of carbonyl (C=O) groups is 1. The van der Waals surface area contributed by atoms with Gasteiger partial charge in [0.25, 0.3) is 0 Å². The first-order chi connectivity index (χ1) is 8.91. The van der Waals surface area contributed by atoms with Crippen molar-refractivity contribution >= 4 is 11.8 Å². The van der Waals surface area contributed by atoms with Crippen LogP contribution in [0.4, 0.5) is 14.9 Å². The average molecular weight is 266 g/mol. The minimum absolute atomic E-state index is 0.130. The summed E-state index contributed by atoms with van der Waals surface area (Å²) in [5.74, 6) is -0.0605. The number of carboxylic acid groups (broad SMARTS) is 1. The van der Waals surface area contributed by atoms with Crippen LogP contribution in [-0.2, 0) is 6.42 Å². The molecule has 0 bridgehead atoms. The molecule has 1 aliphatic rings. The third-order valence-corrected chi connectivity index (χ3v) is 3.59. The number of hydrogen-bond acceptors (Lipinski definition) is 2. The van der Waals surface area contributed by atoms with Crippen LogP contribution < -0.4 is 5.73 Å². The molecule has 2 rings (SSSR count). The predicted octanol–water partition coefficient (Wildman–Crippen LogP) is 3.03. The van der Waals surface area contributed by atoms with Crippen LogP contribution in [0.2, 0.25) is 0 Å². The summed E-state index contributed by atoms with van der Waals surface area (Å²) < 4.78 is 14.0. The minimum Gasteiger partial charge on any atom is -0.465 e. The molecule has 1 aliphatic heterocycles. The zero-order valence-electron chi connectivity index (χ0n) is 11.2. The molecule has 1 unspecified atom stereocenters. The minimum atomic E-state index is -0.950. The average Bonchev–Trinajstić information content (AvgIpc) is 2.33. The Bertz CT molecular complexity index is 502. The molecule has 0 spiro atoms. The molecule has 0 aliphatic carbocycles. The largest absolute Gasteiger partial charge is 0.465 e. The van der Waals surface area contributed by atoms with Gasteiger partial charge >= 0.3 is 6.09 Å². The summed E-state index contributed by atoms with van der Waals surface area (Å²) >= 11 is 0. The van der Waals surface area contributed by atoms with Crippen LogP contribution in [0.25, 0.3) is 0 Å². The van der Waals surface area contributed by atoms with E-state index in [0.717, 1.165) is 5.56 Å². The number of anilines is 1. The highest BCUT2D eigenvalue weighted by Gasteiger charge is 2.32. The van der Waals surface area contributed by atoms with Crippen LogP contribution in [0, 0.1) is 11.7 Å². The Morgan fingerprint density at radius 3 is 2.84 bits per heavy atom. The molecular formula is C14H19FN2O2. The first kappa shape index (κ1) is 13.6. The van der Waals surface area contributed by atoms with Gasteiger partial charge in [-0.3, -0.25) is 0 Å². The van der Waals surface area contributed by atoms with Crippen LogP contribution in [0.15, 0.2) is 12.1 Å². The molecule has 19 heavy (non-hydrogen) atoms. The number of hydrogen-bond donors (Lipinski definition) is 2. The summed E-state index contributed by atoms with van der Waals surface area (Å²) in [6.07, 6.45) is 0.115. The van der Waals surface area contributed by atoms with Gasteiger partial charge in [0, 0.05) is 6.54 Å². The molecule has 1 atom stereocenters. The number of fused-ring (bicyclic) bond motifs is 1. The number of nitrogens with two attached hydrogens (primary N) is 1. The van der Waals surface area contributed by atoms with Gasteiger partial charge < -0.3 is 15.7 Å². The fourth-order valence-corrected chi connectivity index (χ4v) is 2.71. The van der Waals surface area contributed by atoms with Crippen LogP contribution in [-0.4, -0.2) is 22.6 Å². The van der Waals surface area contributed by atoms with Crippen molar-refractivity contribution in [2.24, 2.45) is 5.92 Å². The lowest BCUT2D eigenvalue weighted by atomic mass is 9.87. The van der Waals surface area contributed by atoms with Crippen molar-refractivity contribution in [1.29, 1.82) is 0 Å². The Morgan fingerprint density at radius 2 is 2.26 bits per heavy atom. The summed E-state index contributed by atoms with van der Waals surface area (Å²) in [5, 5.41) is 9.28. The van der Waals surface area contributed by atoms with Crippen molar-refractivity contribution in [2.45, 2.75) is 32.7 Å². The van der Waals surface area contributed by atoms with E-state index in [0.29, 0.717) is 30.9 Å². The fourth-order valence-electron chi connectivity index (χ4n) is 2.71. The second kappa shape index (κ2) is 5.07. The summed E-state index contributed by atoms with van der Waals surface area (Å²) in [7, 11) is 0. The first-order valence-corrected chi connectivity index (χ1v) is 6.48. The summed E-state index contributed by atoms with van der Waals surface area (Å²) in [5.41, 5.74) is 7.04. The molecule has 5 heteroatoms. The SMILES string of the molecule is CC(C)CC1c2ccc(N)c(F)c2CCN1C(=O)O. The van der Waals surface area contributed by atoms with Crippen molar-refractivity contribution in [3.05, 3.63) is 29.1 Å². The highest BCUT2D eigenvalue weighted by Crippen LogP contribution is 2.36. The Hall–Kier alpha value is -1.78. The maximum absolute atomic E-state index is 14.0. The molecule has 0 fully saturated rings. The third-order valence-electron chi connectivity index (χ3n) is 3.59. The Labute approximate surface area is 112 Å². The van der Waals surface area contributed by atoms with E-state index in [2.05, 4.69) is 0 Å². The number of nitrogen functional groups attached to an aromatic ring is 1. The van der Waals surface area contributed by atoms with E-state index in [1.54, 1.807) is 6.07 Å². The maximum atomic E-state index is 14.0. The van der Waals surface area contributed by atoms with Gasteiger partial charge in [0.05, 0.1) is 11.7 Å². The quantitative estimate of drug-likeness (QED) is 0.808. The van der Waals surface area contributed by atoms with Crippen molar-refractivity contribution in [3.63, 3.8) is 0 Å². The van der Waals surface area contributed by atoms with Crippen LogP contribution in [0.5, 0.6) is 0 Å². The molecule has 0 saturated heterocycles. The fraction of sp³-hybridized carbons (Fsp3) is 0.500. The number of benzene rings is 1. The molecule has 1 aromatic carbocycles. The van der Waals surface area contributed by atoms with E-state index in [-0.39, 0.29) is 11.7 Å². The van der Waals surface area contributed by atoms with Gasteiger partial charge in [0.15, 0.2) is 0 Å². The molecule has 1 heterocycles. The zero-order valence-corrected chi connectivity index (χ0v) is 11.2. The molecule has 1 aromatic rings. The van der Waals surface area contributed by atoms with Crippen LogP contribution in [0.3, 0.4) is 0 Å². The highest BCUT2D eigenvalue weighted by molar-refractivity contribution is 5.67. The monoisotopic (exact) mass is 266 g/mol. The van der Waals surface area contributed by atoms with Crippen molar-refractivity contribution in [2.75, 3.05) is 12.3 Å². The van der Waals surface area contributed by atoms with Gasteiger partial charge in [-0.25, -0.2) is 9.18 Å². The van der Waals surface area contributed by atoms with E-state index in [1.165, 1.54) is 11.0 Å². The van der Waals surface area contributed by atoms with Crippen LogP contribution in [0.1, 0.15) is 37.4 Å². The summed E-state index contributed by atoms with van der Waals surface area (Å²) in [6, 6.07) is 3.00. The molecule has 0 radical (unpaired) electrons. The van der Waals surface area contributed by atoms with Crippen molar-refractivity contribution in [1.82, 2.24) is 4.90 Å². The second-order valence-electron chi connectivity index (χ2n) is 5.41. The topological polar surface area (TPSA) is 66.6 Å². The summed E-state index contributed by atoms with van der Waals surface area (Å²) in [6.45, 7) is 4.38. The maximum Gasteiger partial charge on any atom is 0.407 e. The lowest BCUT2D eigenvalue weighted by molar-refractivity contribution is 0.112. The summed E-state index contributed by atoms with van der Waals surface area (Å²) in [4.78, 5) is 12.7. The van der Waals surface area contributed by atoms with Gasteiger partial charge in [-0.05, 0) is 36.0 Å². The lowest BCUT2D eigenvalue weighted by Gasteiger charge is -2.36. The first-order valence-electron chi connectivity index (χ1n) is 6.48. The van der Waals surface area contributed by atoms with Gasteiger partial charge in [0.1, 0.15) is 5.82 Å². The number of nitrogens with zero attached hydrogens (tertiary/aromatic N) is 1. The van der Waals surface area contributed by atoms with E-state index in [1.807, 2.05) is 13.8 Å².